The molecule has 1 aliphatic heterocycles. The molecule has 7 heteroatoms. The van der Waals surface area contributed by atoms with E-state index in [1.165, 1.54) is 4.90 Å². The Labute approximate surface area is 189 Å². The number of hydrogen-bond acceptors (Lipinski definition) is 4. The lowest BCUT2D eigenvalue weighted by Gasteiger charge is -2.38. The maximum Gasteiger partial charge on any atom is 0.271 e. The van der Waals surface area contributed by atoms with Gasteiger partial charge in [0.05, 0.1) is 5.69 Å². The van der Waals surface area contributed by atoms with Crippen LogP contribution < -0.4 is 20.3 Å². The number of anilines is 1. The number of amides is 3. The Hall–Kier alpha value is -3.35. The van der Waals surface area contributed by atoms with E-state index in [1.807, 2.05) is 51.1 Å². The van der Waals surface area contributed by atoms with Gasteiger partial charge in [-0.25, -0.2) is 0 Å². The van der Waals surface area contributed by atoms with Crippen LogP contribution >= 0.6 is 0 Å². The van der Waals surface area contributed by atoms with Crippen LogP contribution in [0.15, 0.2) is 48.5 Å². The second-order valence-corrected chi connectivity index (χ2v) is 9.14. The third-order valence-electron chi connectivity index (χ3n) is 5.61. The summed E-state index contributed by atoms with van der Waals surface area (Å²) < 4.78 is 5.87. The highest BCUT2D eigenvalue weighted by atomic mass is 16.5. The van der Waals surface area contributed by atoms with Crippen molar-refractivity contribution in [2.45, 2.75) is 58.7 Å². The van der Waals surface area contributed by atoms with Gasteiger partial charge >= 0.3 is 0 Å². The first kappa shape index (κ1) is 23.3. The minimum Gasteiger partial charge on any atom is -0.476 e. The minimum atomic E-state index is -1.12. The molecular formula is C25H31N3O4. The quantitative estimate of drug-likeness (QED) is 0.695. The molecule has 0 aromatic heterocycles. The van der Waals surface area contributed by atoms with Crippen molar-refractivity contribution in [1.82, 2.24) is 10.6 Å². The molecule has 32 heavy (non-hydrogen) atoms. The van der Waals surface area contributed by atoms with E-state index in [0.29, 0.717) is 23.5 Å². The molecule has 1 heterocycles. The van der Waals surface area contributed by atoms with Gasteiger partial charge in [0.25, 0.3) is 11.8 Å². The normalized spacial score (nSPS) is 14.9. The number of carbonyl (C=O) groups excluding carboxylic acids is 3. The Bertz CT molecular complexity index is 1020. The van der Waals surface area contributed by atoms with E-state index in [0.717, 1.165) is 12.0 Å². The number of fused-ring (bicyclic) bond motifs is 1. The molecule has 3 amide bonds. The van der Waals surface area contributed by atoms with Crippen LogP contribution in [0.3, 0.4) is 0 Å². The smallest absolute Gasteiger partial charge is 0.271 e. The van der Waals surface area contributed by atoms with Crippen molar-refractivity contribution in [1.29, 1.82) is 0 Å². The summed E-state index contributed by atoms with van der Waals surface area (Å²) in [6, 6.07) is 14.5. The molecule has 2 N–H and O–H groups in total. The predicted octanol–water partition coefficient (Wildman–Crippen LogP) is 3.43. The van der Waals surface area contributed by atoms with E-state index in [1.54, 1.807) is 32.0 Å². The Morgan fingerprint density at radius 2 is 1.78 bits per heavy atom. The summed E-state index contributed by atoms with van der Waals surface area (Å²) in [6.45, 7) is 9.41. The van der Waals surface area contributed by atoms with Crippen molar-refractivity contribution in [2.75, 3.05) is 11.4 Å². The maximum atomic E-state index is 13.1. The summed E-state index contributed by atoms with van der Waals surface area (Å²) in [7, 11) is 0. The zero-order valence-corrected chi connectivity index (χ0v) is 19.3. The van der Waals surface area contributed by atoms with Gasteiger partial charge in [-0.1, -0.05) is 37.3 Å². The van der Waals surface area contributed by atoms with Crippen LogP contribution in [0, 0.1) is 0 Å². The summed E-state index contributed by atoms with van der Waals surface area (Å²) in [5.74, 6) is -0.429. The number of rotatable bonds is 7. The monoisotopic (exact) mass is 437 g/mol. The van der Waals surface area contributed by atoms with Gasteiger partial charge in [0.2, 0.25) is 5.91 Å². The van der Waals surface area contributed by atoms with Crippen LogP contribution in [0.5, 0.6) is 5.75 Å². The summed E-state index contributed by atoms with van der Waals surface area (Å²) in [4.78, 5) is 39.9. The zero-order chi connectivity index (χ0) is 23.5. The minimum absolute atomic E-state index is 0.170. The van der Waals surface area contributed by atoms with Gasteiger partial charge in [-0.05, 0) is 57.9 Å². The van der Waals surface area contributed by atoms with E-state index < -0.39 is 5.60 Å². The lowest BCUT2D eigenvalue weighted by atomic mass is 10.00. The summed E-state index contributed by atoms with van der Waals surface area (Å²) in [6.07, 6.45) is 0.771. The lowest BCUT2D eigenvalue weighted by molar-refractivity contribution is -0.134. The van der Waals surface area contributed by atoms with Gasteiger partial charge < -0.3 is 15.4 Å². The van der Waals surface area contributed by atoms with E-state index in [9.17, 15) is 14.4 Å². The second-order valence-electron chi connectivity index (χ2n) is 9.14. The first-order valence-corrected chi connectivity index (χ1v) is 10.8. The Morgan fingerprint density at radius 1 is 1.09 bits per heavy atom. The molecule has 2 aromatic rings. The second kappa shape index (κ2) is 9.02. The number of benzene rings is 2. The molecule has 170 valence electrons. The molecule has 0 fully saturated rings. The first-order chi connectivity index (χ1) is 15.0. The highest BCUT2D eigenvalue weighted by Gasteiger charge is 2.42. The van der Waals surface area contributed by atoms with Gasteiger partial charge in [0.15, 0.2) is 5.60 Å². The van der Waals surface area contributed by atoms with Crippen LogP contribution in [0.25, 0.3) is 0 Å². The number of hydrogen-bond donors (Lipinski definition) is 2. The lowest BCUT2D eigenvalue weighted by Crippen LogP contribution is -2.55. The van der Waals surface area contributed by atoms with Crippen molar-refractivity contribution < 1.29 is 19.1 Å². The van der Waals surface area contributed by atoms with Crippen molar-refractivity contribution in [3.63, 3.8) is 0 Å². The van der Waals surface area contributed by atoms with Gasteiger partial charge in [-0.15, -0.1) is 0 Å². The van der Waals surface area contributed by atoms with Crippen molar-refractivity contribution in [2.24, 2.45) is 0 Å². The van der Waals surface area contributed by atoms with Crippen molar-refractivity contribution in [3.8, 4) is 5.75 Å². The Balaban J connectivity index is 1.83. The molecule has 0 saturated heterocycles. The highest BCUT2D eigenvalue weighted by Crippen LogP contribution is 2.38. The molecule has 0 spiro atoms. The first-order valence-electron chi connectivity index (χ1n) is 10.8. The molecule has 0 radical (unpaired) electrons. The molecule has 1 aliphatic rings. The fourth-order valence-electron chi connectivity index (χ4n) is 3.33. The van der Waals surface area contributed by atoms with Gasteiger partial charge in [0.1, 0.15) is 12.3 Å². The third kappa shape index (κ3) is 5.28. The maximum absolute atomic E-state index is 13.1. The zero-order valence-electron chi connectivity index (χ0n) is 19.3. The standard InChI is InChI=1S/C25H31N3O4/c1-6-24(2,3)27-22(30)18-12-13-20-19(14-18)28(23(31)25(4,5)32-20)16-21(29)26-15-17-10-8-7-9-11-17/h7-14H,6,15-16H2,1-5H3,(H,26,29)(H,27,30). The molecule has 2 aromatic carbocycles. The predicted molar refractivity (Wildman–Crippen MR) is 124 cm³/mol. The average Bonchev–Trinajstić information content (AvgIpc) is 2.75. The van der Waals surface area contributed by atoms with Crippen molar-refractivity contribution >= 4 is 23.4 Å². The Kier molecular flexibility index (Phi) is 6.57. The topological polar surface area (TPSA) is 87.7 Å². The van der Waals surface area contributed by atoms with E-state index in [-0.39, 0.29) is 29.8 Å². The largest absolute Gasteiger partial charge is 0.476 e. The van der Waals surface area contributed by atoms with Gasteiger partial charge in [0, 0.05) is 17.6 Å². The molecule has 0 unspecified atom stereocenters. The van der Waals surface area contributed by atoms with Crippen LogP contribution in [0.1, 0.15) is 57.0 Å². The number of nitrogens with zero attached hydrogens (tertiary/aromatic N) is 1. The molecule has 0 bridgehead atoms. The van der Waals surface area contributed by atoms with Crippen LogP contribution in [-0.2, 0) is 16.1 Å². The number of nitrogens with one attached hydrogen (secondary N) is 2. The number of carbonyl (C=O) groups is 3. The molecule has 7 nitrogen and oxygen atoms in total. The van der Waals surface area contributed by atoms with E-state index in [2.05, 4.69) is 10.6 Å². The van der Waals surface area contributed by atoms with Gasteiger partial charge in [-0.3, -0.25) is 19.3 Å². The van der Waals surface area contributed by atoms with E-state index >= 15 is 0 Å². The fourth-order valence-corrected chi connectivity index (χ4v) is 3.33. The Morgan fingerprint density at radius 3 is 2.44 bits per heavy atom. The van der Waals surface area contributed by atoms with Crippen LogP contribution in [-0.4, -0.2) is 35.4 Å². The summed E-state index contributed by atoms with van der Waals surface area (Å²) in [5.41, 5.74) is 0.286. The molecular weight excluding hydrogens is 406 g/mol. The molecule has 0 saturated carbocycles. The fraction of sp³-hybridized carbons (Fsp3) is 0.400. The molecule has 0 atom stereocenters. The highest BCUT2D eigenvalue weighted by molar-refractivity contribution is 6.07. The molecule has 0 aliphatic carbocycles. The SMILES string of the molecule is CCC(C)(C)NC(=O)c1ccc2c(c1)N(CC(=O)NCc1ccccc1)C(=O)C(C)(C)O2. The third-order valence-corrected chi connectivity index (χ3v) is 5.61. The van der Waals surface area contributed by atoms with Crippen LogP contribution in [0.4, 0.5) is 5.69 Å². The van der Waals surface area contributed by atoms with Gasteiger partial charge in [-0.2, -0.15) is 0 Å². The van der Waals surface area contributed by atoms with Crippen molar-refractivity contribution in [3.05, 3.63) is 59.7 Å². The number of ether oxygens (including phenoxy) is 1. The van der Waals surface area contributed by atoms with E-state index in [4.69, 9.17) is 4.74 Å². The summed E-state index contributed by atoms with van der Waals surface area (Å²) in [5, 5.41) is 5.84. The summed E-state index contributed by atoms with van der Waals surface area (Å²) >= 11 is 0. The van der Waals surface area contributed by atoms with Crippen LogP contribution in [0.2, 0.25) is 0 Å². The molecule has 3 rings (SSSR count). The average molecular weight is 438 g/mol.